The first-order valence-electron chi connectivity index (χ1n) is 8.31. The highest BCUT2D eigenvalue weighted by molar-refractivity contribution is 5.92. The van der Waals surface area contributed by atoms with Crippen molar-refractivity contribution in [2.24, 2.45) is 0 Å². The fourth-order valence-corrected chi connectivity index (χ4v) is 2.88. The molecule has 7 heteroatoms. The Bertz CT molecular complexity index is 728. The molecule has 25 heavy (non-hydrogen) atoms. The van der Waals surface area contributed by atoms with Crippen LogP contribution in [0.4, 0.5) is 11.5 Å². The Hall–Kier alpha value is -2.83. The summed E-state index contributed by atoms with van der Waals surface area (Å²) < 4.78 is 10.5. The third kappa shape index (κ3) is 4.17. The van der Waals surface area contributed by atoms with Crippen LogP contribution in [0.3, 0.4) is 0 Å². The zero-order valence-corrected chi connectivity index (χ0v) is 14.4. The van der Waals surface area contributed by atoms with E-state index in [0.29, 0.717) is 23.0 Å². The maximum Gasteiger partial charge on any atom is 0.271 e. The lowest BCUT2D eigenvalue weighted by Crippen LogP contribution is -2.33. The van der Waals surface area contributed by atoms with E-state index < -0.39 is 0 Å². The molecule has 1 fully saturated rings. The van der Waals surface area contributed by atoms with Crippen molar-refractivity contribution in [1.29, 1.82) is 0 Å². The Labute approximate surface area is 146 Å². The van der Waals surface area contributed by atoms with Gasteiger partial charge in [-0.25, -0.2) is 9.97 Å². The minimum atomic E-state index is -0.173. The van der Waals surface area contributed by atoms with Crippen LogP contribution >= 0.6 is 0 Å². The van der Waals surface area contributed by atoms with Gasteiger partial charge in [-0.3, -0.25) is 4.79 Å². The number of ether oxygens (including phenoxy) is 2. The van der Waals surface area contributed by atoms with Gasteiger partial charge in [-0.05, 0) is 25.0 Å². The monoisotopic (exact) mass is 342 g/mol. The van der Waals surface area contributed by atoms with Crippen LogP contribution in [0.2, 0.25) is 0 Å². The number of nitrogens with one attached hydrogen (secondary N) is 2. The van der Waals surface area contributed by atoms with Crippen molar-refractivity contribution >= 4 is 17.4 Å². The molecule has 1 heterocycles. The number of carbonyl (C=O) groups is 1. The van der Waals surface area contributed by atoms with E-state index in [0.717, 1.165) is 18.5 Å². The Balaban J connectivity index is 1.67. The van der Waals surface area contributed by atoms with Crippen molar-refractivity contribution in [1.82, 2.24) is 15.3 Å². The third-order valence-corrected chi connectivity index (χ3v) is 4.25. The first-order chi connectivity index (χ1) is 12.2. The summed E-state index contributed by atoms with van der Waals surface area (Å²) in [5.41, 5.74) is 1.06. The van der Waals surface area contributed by atoms with Crippen molar-refractivity contribution in [3.8, 4) is 11.5 Å². The SMILES string of the molecule is COc1ccc(Nc2cnc(C(=O)NC3CCCC3)cn2)c(OC)c1. The summed E-state index contributed by atoms with van der Waals surface area (Å²) >= 11 is 0. The molecule has 0 radical (unpaired) electrons. The summed E-state index contributed by atoms with van der Waals surface area (Å²) in [5, 5.41) is 6.13. The minimum Gasteiger partial charge on any atom is -0.497 e. The van der Waals surface area contributed by atoms with Crippen LogP contribution in [-0.4, -0.2) is 36.1 Å². The number of methoxy groups -OCH3 is 2. The average Bonchev–Trinajstić information content (AvgIpc) is 3.15. The van der Waals surface area contributed by atoms with E-state index >= 15 is 0 Å². The van der Waals surface area contributed by atoms with Crippen LogP contribution in [0, 0.1) is 0 Å². The number of nitrogens with zero attached hydrogens (tertiary/aromatic N) is 2. The molecule has 3 rings (SSSR count). The van der Waals surface area contributed by atoms with Gasteiger partial charge in [0, 0.05) is 12.1 Å². The van der Waals surface area contributed by atoms with Crippen molar-refractivity contribution in [3.05, 3.63) is 36.3 Å². The fraction of sp³-hybridized carbons (Fsp3) is 0.389. The van der Waals surface area contributed by atoms with Crippen LogP contribution in [0.15, 0.2) is 30.6 Å². The Morgan fingerprint density at radius 2 is 1.92 bits per heavy atom. The molecule has 7 nitrogen and oxygen atoms in total. The Morgan fingerprint density at radius 1 is 1.12 bits per heavy atom. The number of aromatic nitrogens is 2. The van der Waals surface area contributed by atoms with Gasteiger partial charge in [0.15, 0.2) is 0 Å². The highest BCUT2D eigenvalue weighted by Gasteiger charge is 2.18. The molecule has 0 unspecified atom stereocenters. The Morgan fingerprint density at radius 3 is 2.56 bits per heavy atom. The molecular weight excluding hydrogens is 320 g/mol. The molecular formula is C18H22N4O3. The quantitative estimate of drug-likeness (QED) is 0.839. The lowest BCUT2D eigenvalue weighted by Gasteiger charge is -2.13. The first kappa shape index (κ1) is 17.0. The molecule has 2 aromatic rings. The highest BCUT2D eigenvalue weighted by Crippen LogP contribution is 2.30. The number of hydrogen-bond acceptors (Lipinski definition) is 6. The number of amides is 1. The molecule has 0 atom stereocenters. The summed E-state index contributed by atoms with van der Waals surface area (Å²) in [6, 6.07) is 5.69. The summed E-state index contributed by atoms with van der Waals surface area (Å²) in [4.78, 5) is 20.6. The molecule has 0 aliphatic heterocycles. The lowest BCUT2D eigenvalue weighted by atomic mass is 10.2. The second-order valence-electron chi connectivity index (χ2n) is 5.93. The summed E-state index contributed by atoms with van der Waals surface area (Å²) in [7, 11) is 3.19. The smallest absolute Gasteiger partial charge is 0.271 e. The molecule has 1 aliphatic carbocycles. The van der Waals surface area contributed by atoms with E-state index in [1.807, 2.05) is 12.1 Å². The molecule has 1 aliphatic rings. The molecule has 132 valence electrons. The molecule has 1 aromatic carbocycles. The predicted molar refractivity (Wildman–Crippen MR) is 94.6 cm³/mol. The van der Waals surface area contributed by atoms with E-state index in [1.54, 1.807) is 20.3 Å². The van der Waals surface area contributed by atoms with E-state index in [-0.39, 0.29) is 11.9 Å². The van der Waals surface area contributed by atoms with Gasteiger partial charge in [0.2, 0.25) is 0 Å². The molecule has 0 spiro atoms. The molecule has 1 saturated carbocycles. The summed E-state index contributed by atoms with van der Waals surface area (Å²) in [6.45, 7) is 0. The second kappa shape index (κ2) is 7.83. The van der Waals surface area contributed by atoms with E-state index in [1.165, 1.54) is 25.2 Å². The number of carbonyl (C=O) groups excluding carboxylic acids is 1. The summed E-state index contributed by atoms with van der Waals surface area (Å²) in [5.74, 6) is 1.69. The van der Waals surface area contributed by atoms with E-state index in [4.69, 9.17) is 9.47 Å². The van der Waals surface area contributed by atoms with Gasteiger partial charge in [0.1, 0.15) is 23.0 Å². The van der Waals surface area contributed by atoms with Crippen LogP contribution in [0.1, 0.15) is 36.2 Å². The predicted octanol–water partition coefficient (Wildman–Crippen LogP) is 2.91. The molecule has 1 amide bonds. The minimum absolute atomic E-state index is 0.173. The van der Waals surface area contributed by atoms with Gasteiger partial charge in [-0.1, -0.05) is 12.8 Å². The zero-order valence-electron chi connectivity index (χ0n) is 14.4. The summed E-state index contributed by atoms with van der Waals surface area (Å²) in [6.07, 6.45) is 7.42. The van der Waals surface area contributed by atoms with Gasteiger partial charge in [-0.2, -0.15) is 0 Å². The fourth-order valence-electron chi connectivity index (χ4n) is 2.88. The van der Waals surface area contributed by atoms with Crippen LogP contribution in [0.5, 0.6) is 11.5 Å². The second-order valence-corrected chi connectivity index (χ2v) is 5.93. The highest BCUT2D eigenvalue weighted by atomic mass is 16.5. The van der Waals surface area contributed by atoms with Gasteiger partial charge < -0.3 is 20.1 Å². The maximum atomic E-state index is 12.2. The molecule has 0 saturated heterocycles. The van der Waals surface area contributed by atoms with Crippen LogP contribution in [0.25, 0.3) is 0 Å². The van der Waals surface area contributed by atoms with Crippen LogP contribution < -0.4 is 20.1 Å². The van der Waals surface area contributed by atoms with Gasteiger partial charge in [-0.15, -0.1) is 0 Å². The first-order valence-corrected chi connectivity index (χ1v) is 8.31. The number of benzene rings is 1. The Kier molecular flexibility index (Phi) is 5.33. The normalized spacial score (nSPS) is 14.2. The van der Waals surface area contributed by atoms with Gasteiger partial charge in [0.25, 0.3) is 5.91 Å². The van der Waals surface area contributed by atoms with Gasteiger partial charge in [0.05, 0.1) is 32.3 Å². The number of hydrogen-bond donors (Lipinski definition) is 2. The topological polar surface area (TPSA) is 85.4 Å². The molecule has 1 aromatic heterocycles. The maximum absolute atomic E-state index is 12.2. The number of rotatable bonds is 6. The van der Waals surface area contributed by atoms with Crippen LogP contribution in [-0.2, 0) is 0 Å². The van der Waals surface area contributed by atoms with Crippen molar-refractivity contribution < 1.29 is 14.3 Å². The molecule has 2 N–H and O–H groups in total. The van der Waals surface area contributed by atoms with Crippen molar-refractivity contribution in [2.45, 2.75) is 31.7 Å². The number of anilines is 2. The average molecular weight is 342 g/mol. The third-order valence-electron chi connectivity index (χ3n) is 4.25. The standard InChI is InChI=1S/C18H22N4O3/c1-24-13-7-8-14(16(9-13)25-2)22-17-11-19-15(10-20-17)18(23)21-12-5-3-4-6-12/h7-12H,3-6H2,1-2H3,(H,20,22)(H,21,23). The molecule has 0 bridgehead atoms. The zero-order chi connectivity index (χ0) is 17.6. The van der Waals surface area contributed by atoms with Gasteiger partial charge >= 0.3 is 0 Å². The van der Waals surface area contributed by atoms with Crippen molar-refractivity contribution in [2.75, 3.05) is 19.5 Å². The van der Waals surface area contributed by atoms with Crippen molar-refractivity contribution in [3.63, 3.8) is 0 Å². The largest absolute Gasteiger partial charge is 0.497 e. The van der Waals surface area contributed by atoms with E-state index in [9.17, 15) is 4.79 Å². The lowest BCUT2D eigenvalue weighted by molar-refractivity contribution is 0.0932. The van der Waals surface area contributed by atoms with E-state index in [2.05, 4.69) is 20.6 Å².